The van der Waals surface area contributed by atoms with Crippen LogP contribution in [0.1, 0.15) is 26.7 Å². The molecule has 0 amide bonds. The maximum atomic E-state index is 11.8. The van der Waals surface area contributed by atoms with Crippen LogP contribution in [0.15, 0.2) is 35.3 Å². The van der Waals surface area contributed by atoms with Gasteiger partial charge in [-0.1, -0.05) is 18.2 Å². The van der Waals surface area contributed by atoms with Crippen molar-refractivity contribution in [2.45, 2.75) is 26.7 Å². The molecular weight excluding hydrogens is 445 g/mol. The number of benzene rings is 1. The molecule has 1 aliphatic rings. The van der Waals surface area contributed by atoms with E-state index >= 15 is 0 Å². The second kappa shape index (κ2) is 12.8. The minimum atomic E-state index is -0.0691. The number of halogens is 1. The van der Waals surface area contributed by atoms with Crippen molar-refractivity contribution in [3.8, 4) is 5.75 Å². The molecule has 26 heavy (non-hydrogen) atoms. The topological polar surface area (TPSA) is 63.2 Å². The standard InChI is InChI=1S/C19H29N3O3.HI/c1-3-20-19(21-12-15-25-17-8-6-5-7-9-17)22-13-10-16(11-14-22)18(23)24-4-2;/h5-9,16H,3-4,10-15H2,1-2H3,(H,20,21);1H. The Morgan fingerprint density at radius 2 is 1.92 bits per heavy atom. The lowest BCUT2D eigenvalue weighted by molar-refractivity contribution is -0.149. The maximum absolute atomic E-state index is 11.8. The molecular formula is C19H30IN3O3. The Balaban J connectivity index is 0.00000338. The summed E-state index contributed by atoms with van der Waals surface area (Å²) in [6, 6.07) is 9.76. The molecule has 1 heterocycles. The highest BCUT2D eigenvalue weighted by molar-refractivity contribution is 14.0. The second-order valence-corrected chi connectivity index (χ2v) is 5.91. The smallest absolute Gasteiger partial charge is 0.309 e. The normalized spacial score (nSPS) is 15.2. The average Bonchev–Trinajstić information content (AvgIpc) is 2.65. The number of rotatable bonds is 7. The van der Waals surface area contributed by atoms with Crippen LogP contribution in [-0.4, -0.2) is 56.2 Å². The molecule has 1 aromatic carbocycles. The van der Waals surface area contributed by atoms with Gasteiger partial charge in [-0.05, 0) is 38.8 Å². The fourth-order valence-corrected chi connectivity index (χ4v) is 2.84. The third-order valence-electron chi connectivity index (χ3n) is 4.11. The van der Waals surface area contributed by atoms with E-state index in [0.29, 0.717) is 19.8 Å². The number of guanidine groups is 1. The molecule has 0 unspecified atom stereocenters. The van der Waals surface area contributed by atoms with Crippen molar-refractivity contribution in [3.63, 3.8) is 0 Å². The van der Waals surface area contributed by atoms with Crippen molar-refractivity contribution in [2.24, 2.45) is 10.9 Å². The predicted octanol–water partition coefficient (Wildman–Crippen LogP) is 2.92. The molecule has 0 spiro atoms. The molecule has 0 saturated carbocycles. The highest BCUT2D eigenvalue weighted by Gasteiger charge is 2.27. The number of likely N-dealkylation sites (tertiary alicyclic amines) is 1. The molecule has 6 nitrogen and oxygen atoms in total. The van der Waals surface area contributed by atoms with Crippen LogP contribution in [0.25, 0.3) is 0 Å². The number of ether oxygens (including phenoxy) is 2. The van der Waals surface area contributed by atoms with Gasteiger partial charge in [-0.2, -0.15) is 0 Å². The lowest BCUT2D eigenvalue weighted by Gasteiger charge is -2.33. The lowest BCUT2D eigenvalue weighted by atomic mass is 9.97. The number of hydrogen-bond acceptors (Lipinski definition) is 4. The minimum Gasteiger partial charge on any atom is -0.492 e. The molecule has 7 heteroatoms. The second-order valence-electron chi connectivity index (χ2n) is 5.91. The zero-order valence-electron chi connectivity index (χ0n) is 15.6. The van der Waals surface area contributed by atoms with Crippen LogP contribution >= 0.6 is 24.0 Å². The number of piperidine rings is 1. The number of carbonyl (C=O) groups excluding carboxylic acids is 1. The van der Waals surface area contributed by atoms with Gasteiger partial charge in [0.25, 0.3) is 0 Å². The number of hydrogen-bond donors (Lipinski definition) is 1. The fourth-order valence-electron chi connectivity index (χ4n) is 2.84. The molecule has 146 valence electrons. The van der Waals surface area contributed by atoms with E-state index in [1.807, 2.05) is 37.3 Å². The Morgan fingerprint density at radius 1 is 1.23 bits per heavy atom. The summed E-state index contributed by atoms with van der Waals surface area (Å²) < 4.78 is 10.8. The Labute approximate surface area is 173 Å². The van der Waals surface area contributed by atoms with Crippen LogP contribution < -0.4 is 10.1 Å². The third kappa shape index (κ3) is 7.39. The lowest BCUT2D eigenvalue weighted by Crippen LogP contribution is -2.46. The average molecular weight is 475 g/mol. The third-order valence-corrected chi connectivity index (χ3v) is 4.11. The van der Waals surface area contributed by atoms with E-state index in [9.17, 15) is 4.79 Å². The van der Waals surface area contributed by atoms with Gasteiger partial charge in [0.05, 0.1) is 19.1 Å². The largest absolute Gasteiger partial charge is 0.492 e. The van der Waals surface area contributed by atoms with Crippen molar-refractivity contribution >= 4 is 35.9 Å². The van der Waals surface area contributed by atoms with Crippen LogP contribution in [0.5, 0.6) is 5.75 Å². The summed E-state index contributed by atoms with van der Waals surface area (Å²) in [4.78, 5) is 18.7. The first-order valence-electron chi connectivity index (χ1n) is 9.12. The van der Waals surface area contributed by atoms with Crippen molar-refractivity contribution in [3.05, 3.63) is 30.3 Å². The molecule has 0 atom stereocenters. The first-order valence-corrected chi connectivity index (χ1v) is 9.12. The summed E-state index contributed by atoms with van der Waals surface area (Å²) in [7, 11) is 0. The van der Waals surface area contributed by atoms with E-state index in [4.69, 9.17) is 9.47 Å². The van der Waals surface area contributed by atoms with Crippen molar-refractivity contribution in [1.82, 2.24) is 10.2 Å². The van der Waals surface area contributed by atoms with Gasteiger partial charge in [0.15, 0.2) is 5.96 Å². The molecule has 1 N–H and O–H groups in total. The molecule has 2 rings (SSSR count). The van der Waals surface area contributed by atoms with Gasteiger partial charge in [0, 0.05) is 19.6 Å². The van der Waals surface area contributed by atoms with Crippen LogP contribution in [0, 0.1) is 5.92 Å². The van der Waals surface area contributed by atoms with E-state index in [2.05, 4.69) is 22.1 Å². The van der Waals surface area contributed by atoms with Crippen LogP contribution in [0.4, 0.5) is 0 Å². The Morgan fingerprint density at radius 3 is 2.54 bits per heavy atom. The number of esters is 1. The summed E-state index contributed by atoms with van der Waals surface area (Å²) in [5.41, 5.74) is 0. The monoisotopic (exact) mass is 475 g/mol. The number of para-hydroxylation sites is 1. The van der Waals surface area contributed by atoms with Gasteiger partial charge in [-0.3, -0.25) is 4.79 Å². The van der Waals surface area contributed by atoms with E-state index in [1.165, 1.54) is 0 Å². The zero-order valence-corrected chi connectivity index (χ0v) is 18.0. The Kier molecular flexibility index (Phi) is 11.1. The fraction of sp³-hybridized carbons (Fsp3) is 0.579. The Hall–Kier alpha value is -1.51. The van der Waals surface area contributed by atoms with Gasteiger partial charge in [0.2, 0.25) is 0 Å². The van der Waals surface area contributed by atoms with Crippen molar-refractivity contribution in [1.29, 1.82) is 0 Å². The number of nitrogens with one attached hydrogen (secondary N) is 1. The van der Waals surface area contributed by atoms with Crippen molar-refractivity contribution in [2.75, 3.05) is 39.4 Å². The van der Waals surface area contributed by atoms with E-state index in [-0.39, 0.29) is 35.9 Å². The van der Waals surface area contributed by atoms with E-state index in [0.717, 1.165) is 44.2 Å². The SMILES string of the molecule is CCNC(=NCCOc1ccccc1)N1CCC(C(=O)OCC)CC1.I. The molecule has 0 bridgehead atoms. The summed E-state index contributed by atoms with van der Waals surface area (Å²) in [6.45, 7) is 7.93. The first-order chi connectivity index (χ1) is 12.2. The van der Waals surface area contributed by atoms with Crippen LogP contribution in [0.2, 0.25) is 0 Å². The summed E-state index contributed by atoms with van der Waals surface area (Å²) in [5, 5.41) is 3.32. The van der Waals surface area contributed by atoms with Crippen LogP contribution in [-0.2, 0) is 9.53 Å². The molecule has 1 saturated heterocycles. The van der Waals surface area contributed by atoms with Crippen molar-refractivity contribution < 1.29 is 14.3 Å². The maximum Gasteiger partial charge on any atom is 0.309 e. The summed E-state index contributed by atoms with van der Waals surface area (Å²) in [6.07, 6.45) is 1.62. The highest BCUT2D eigenvalue weighted by atomic mass is 127. The molecule has 0 radical (unpaired) electrons. The molecule has 0 aromatic heterocycles. The number of nitrogens with zero attached hydrogens (tertiary/aromatic N) is 2. The molecule has 0 aliphatic carbocycles. The van der Waals surface area contributed by atoms with Gasteiger partial charge >= 0.3 is 5.97 Å². The van der Waals surface area contributed by atoms with E-state index < -0.39 is 0 Å². The van der Waals surface area contributed by atoms with Gasteiger partial charge < -0.3 is 19.7 Å². The van der Waals surface area contributed by atoms with Crippen LogP contribution in [0.3, 0.4) is 0 Å². The summed E-state index contributed by atoms with van der Waals surface area (Å²) >= 11 is 0. The van der Waals surface area contributed by atoms with Gasteiger partial charge in [-0.25, -0.2) is 4.99 Å². The van der Waals surface area contributed by atoms with E-state index in [1.54, 1.807) is 0 Å². The first kappa shape index (κ1) is 22.5. The van der Waals surface area contributed by atoms with Gasteiger partial charge in [0.1, 0.15) is 12.4 Å². The quantitative estimate of drug-likeness (QED) is 0.216. The summed E-state index contributed by atoms with van der Waals surface area (Å²) in [5.74, 6) is 1.69. The predicted molar refractivity (Wildman–Crippen MR) is 114 cm³/mol. The number of aliphatic imine (C=N–C) groups is 1. The molecule has 1 fully saturated rings. The minimum absolute atomic E-state index is 0. The molecule has 1 aliphatic heterocycles. The zero-order chi connectivity index (χ0) is 17.9. The van der Waals surface area contributed by atoms with Gasteiger partial charge in [-0.15, -0.1) is 24.0 Å². The Bertz CT molecular complexity index is 546. The highest BCUT2D eigenvalue weighted by Crippen LogP contribution is 2.18. The number of carbonyl (C=O) groups is 1. The molecule has 1 aromatic rings.